The SMILES string of the molecule is O=C(Nc1ccc(OC(F)(F)F)cc1)c1cc(F)cc2c(=O)c3cc(F)ccc3[nH]c12. The monoisotopic (exact) mass is 434 g/mol. The van der Waals surface area contributed by atoms with E-state index in [2.05, 4.69) is 15.0 Å². The van der Waals surface area contributed by atoms with Gasteiger partial charge in [-0.15, -0.1) is 13.2 Å². The van der Waals surface area contributed by atoms with Gasteiger partial charge in [0.05, 0.1) is 11.1 Å². The number of pyridine rings is 1. The fraction of sp³-hybridized carbons (Fsp3) is 0.0476. The zero-order valence-corrected chi connectivity index (χ0v) is 15.3. The molecule has 31 heavy (non-hydrogen) atoms. The van der Waals surface area contributed by atoms with Gasteiger partial charge in [0.25, 0.3) is 5.91 Å². The average Bonchev–Trinajstić information content (AvgIpc) is 2.69. The number of hydrogen-bond donors (Lipinski definition) is 2. The molecule has 0 bridgehead atoms. The standard InChI is InChI=1S/C21H11F5N2O3/c22-10-1-6-17-14(7-10)19(29)15-8-11(23)9-16(18(15)28-17)20(30)27-12-2-4-13(5-3-12)31-21(24,25)26/h1-9H,(H,27,30)(H,28,29). The van der Waals surface area contributed by atoms with Crippen molar-refractivity contribution in [2.45, 2.75) is 6.36 Å². The molecule has 1 amide bonds. The minimum Gasteiger partial charge on any atom is -0.406 e. The number of carbonyl (C=O) groups is 1. The van der Waals surface area contributed by atoms with Gasteiger partial charge in [0, 0.05) is 22.0 Å². The number of hydrogen-bond acceptors (Lipinski definition) is 3. The summed E-state index contributed by atoms with van der Waals surface area (Å²) in [4.78, 5) is 28.2. The Labute approximate surface area is 170 Å². The molecule has 0 spiro atoms. The van der Waals surface area contributed by atoms with Crippen molar-refractivity contribution in [3.63, 3.8) is 0 Å². The van der Waals surface area contributed by atoms with Crippen LogP contribution in [0.25, 0.3) is 21.8 Å². The van der Waals surface area contributed by atoms with Crippen molar-refractivity contribution in [1.29, 1.82) is 0 Å². The number of carbonyl (C=O) groups excluding carboxylic acids is 1. The van der Waals surface area contributed by atoms with Crippen LogP contribution in [0.2, 0.25) is 0 Å². The fourth-order valence-electron chi connectivity index (χ4n) is 3.13. The normalized spacial score (nSPS) is 11.6. The number of amides is 1. The summed E-state index contributed by atoms with van der Waals surface area (Å²) in [6.07, 6.45) is -4.86. The molecule has 0 radical (unpaired) electrons. The Bertz CT molecular complexity index is 1380. The van der Waals surface area contributed by atoms with Gasteiger partial charge in [0.1, 0.15) is 17.4 Å². The highest BCUT2D eigenvalue weighted by molar-refractivity contribution is 6.13. The first-order valence-electron chi connectivity index (χ1n) is 8.73. The number of fused-ring (bicyclic) bond motifs is 2. The van der Waals surface area contributed by atoms with Gasteiger partial charge < -0.3 is 15.0 Å². The zero-order valence-electron chi connectivity index (χ0n) is 15.3. The summed E-state index contributed by atoms with van der Waals surface area (Å²) in [7, 11) is 0. The van der Waals surface area contributed by atoms with Crippen molar-refractivity contribution >= 4 is 33.4 Å². The lowest BCUT2D eigenvalue weighted by Gasteiger charge is -2.11. The third kappa shape index (κ3) is 4.18. The largest absolute Gasteiger partial charge is 0.573 e. The van der Waals surface area contributed by atoms with Crippen LogP contribution in [0.3, 0.4) is 0 Å². The topological polar surface area (TPSA) is 71.2 Å². The predicted molar refractivity (Wildman–Crippen MR) is 103 cm³/mol. The van der Waals surface area contributed by atoms with Crippen LogP contribution in [0.1, 0.15) is 10.4 Å². The van der Waals surface area contributed by atoms with Crippen LogP contribution in [-0.4, -0.2) is 17.3 Å². The summed E-state index contributed by atoms with van der Waals surface area (Å²) in [5.41, 5.74) is -0.491. The lowest BCUT2D eigenvalue weighted by atomic mass is 10.0. The van der Waals surface area contributed by atoms with Gasteiger partial charge >= 0.3 is 6.36 Å². The number of halogens is 5. The van der Waals surface area contributed by atoms with Crippen molar-refractivity contribution in [1.82, 2.24) is 4.98 Å². The molecule has 4 aromatic rings. The summed E-state index contributed by atoms with van der Waals surface area (Å²) < 4.78 is 68.1. The fourth-order valence-corrected chi connectivity index (χ4v) is 3.13. The Morgan fingerprint density at radius 1 is 0.903 bits per heavy atom. The van der Waals surface area contributed by atoms with Gasteiger partial charge in [-0.1, -0.05) is 0 Å². The van der Waals surface area contributed by atoms with Crippen LogP contribution in [0.4, 0.5) is 27.6 Å². The van der Waals surface area contributed by atoms with Crippen molar-refractivity contribution in [2.75, 3.05) is 5.32 Å². The molecule has 10 heteroatoms. The number of anilines is 1. The van der Waals surface area contributed by atoms with Crippen LogP contribution < -0.4 is 15.5 Å². The van der Waals surface area contributed by atoms with Gasteiger partial charge in [-0.3, -0.25) is 9.59 Å². The second-order valence-electron chi connectivity index (χ2n) is 6.55. The molecule has 1 heterocycles. The van der Waals surface area contributed by atoms with Crippen molar-refractivity contribution in [2.24, 2.45) is 0 Å². The van der Waals surface area contributed by atoms with Crippen LogP contribution >= 0.6 is 0 Å². The summed E-state index contributed by atoms with van der Waals surface area (Å²) >= 11 is 0. The smallest absolute Gasteiger partial charge is 0.406 e. The van der Waals surface area contributed by atoms with E-state index in [1.54, 1.807) is 0 Å². The highest BCUT2D eigenvalue weighted by atomic mass is 19.4. The molecule has 0 aliphatic heterocycles. The number of aromatic amines is 1. The highest BCUT2D eigenvalue weighted by Gasteiger charge is 2.31. The number of alkyl halides is 3. The lowest BCUT2D eigenvalue weighted by molar-refractivity contribution is -0.274. The summed E-state index contributed by atoms with van der Waals surface area (Å²) in [6.45, 7) is 0. The molecule has 0 fully saturated rings. The van der Waals surface area contributed by atoms with Crippen LogP contribution in [-0.2, 0) is 0 Å². The van der Waals surface area contributed by atoms with Gasteiger partial charge in [-0.05, 0) is 54.6 Å². The molecular formula is C21H11F5N2O3. The van der Waals surface area contributed by atoms with E-state index in [1.807, 2.05) is 0 Å². The first-order valence-corrected chi connectivity index (χ1v) is 8.73. The maximum absolute atomic E-state index is 14.1. The van der Waals surface area contributed by atoms with E-state index in [9.17, 15) is 31.5 Å². The minimum atomic E-state index is -4.86. The zero-order chi connectivity index (χ0) is 22.3. The highest BCUT2D eigenvalue weighted by Crippen LogP contribution is 2.25. The first kappa shape index (κ1) is 20.3. The van der Waals surface area contributed by atoms with E-state index in [1.165, 1.54) is 18.2 Å². The van der Waals surface area contributed by atoms with Gasteiger partial charge in [0.2, 0.25) is 0 Å². The van der Waals surface area contributed by atoms with Gasteiger partial charge in [0.15, 0.2) is 5.43 Å². The molecule has 3 aromatic carbocycles. The quantitative estimate of drug-likeness (QED) is 0.348. The molecule has 0 aliphatic carbocycles. The van der Waals surface area contributed by atoms with Gasteiger partial charge in [-0.25, -0.2) is 8.78 Å². The summed E-state index contributed by atoms with van der Waals surface area (Å²) in [5.74, 6) is -2.81. The number of aromatic nitrogens is 1. The Hall–Kier alpha value is -3.95. The molecule has 0 aliphatic rings. The number of rotatable bonds is 3. The maximum Gasteiger partial charge on any atom is 0.573 e. The molecule has 158 valence electrons. The van der Waals surface area contributed by atoms with Crippen LogP contribution in [0.5, 0.6) is 5.75 Å². The van der Waals surface area contributed by atoms with E-state index >= 15 is 0 Å². The Morgan fingerprint density at radius 3 is 2.26 bits per heavy atom. The third-order valence-electron chi connectivity index (χ3n) is 4.42. The van der Waals surface area contributed by atoms with E-state index in [0.29, 0.717) is 0 Å². The Morgan fingerprint density at radius 2 is 1.58 bits per heavy atom. The van der Waals surface area contributed by atoms with E-state index < -0.39 is 35.1 Å². The summed E-state index contributed by atoms with van der Waals surface area (Å²) in [5, 5.41) is 2.25. The van der Waals surface area contributed by atoms with Crippen molar-refractivity contribution in [3.05, 3.63) is 82.0 Å². The minimum absolute atomic E-state index is 0.00953. The van der Waals surface area contributed by atoms with Crippen LogP contribution in [0, 0.1) is 11.6 Å². The van der Waals surface area contributed by atoms with E-state index in [4.69, 9.17) is 0 Å². The molecule has 0 unspecified atom stereocenters. The van der Waals surface area contributed by atoms with Gasteiger partial charge in [-0.2, -0.15) is 0 Å². The maximum atomic E-state index is 14.1. The second-order valence-corrected chi connectivity index (χ2v) is 6.55. The average molecular weight is 434 g/mol. The molecule has 2 N–H and O–H groups in total. The molecule has 5 nitrogen and oxygen atoms in total. The molecule has 4 rings (SSSR count). The van der Waals surface area contributed by atoms with Crippen molar-refractivity contribution < 1.29 is 31.5 Å². The predicted octanol–water partition coefficient (Wildman–Crippen LogP) is 5.11. The number of benzene rings is 3. The van der Waals surface area contributed by atoms with Crippen molar-refractivity contribution in [3.8, 4) is 5.75 Å². The summed E-state index contributed by atoms with van der Waals surface area (Å²) in [6, 6.07) is 9.61. The Balaban J connectivity index is 1.73. The second kappa shape index (κ2) is 7.38. The molecule has 0 saturated heterocycles. The third-order valence-corrected chi connectivity index (χ3v) is 4.42. The molecule has 0 saturated carbocycles. The van der Waals surface area contributed by atoms with Crippen LogP contribution in [0.15, 0.2) is 59.4 Å². The number of H-pyrrole nitrogens is 1. The Kier molecular flexibility index (Phi) is 4.84. The molecule has 1 aromatic heterocycles. The lowest BCUT2D eigenvalue weighted by Crippen LogP contribution is -2.17. The molecule has 0 atom stereocenters. The van der Waals surface area contributed by atoms with E-state index in [-0.39, 0.29) is 33.1 Å². The number of nitrogens with one attached hydrogen (secondary N) is 2. The first-order chi connectivity index (χ1) is 14.6. The number of ether oxygens (including phenoxy) is 1. The molecular weight excluding hydrogens is 423 g/mol. The van der Waals surface area contributed by atoms with E-state index in [0.717, 1.165) is 36.4 Å².